The summed E-state index contributed by atoms with van der Waals surface area (Å²) in [5.41, 5.74) is 8.83. The van der Waals surface area contributed by atoms with Gasteiger partial charge >= 0.3 is 0 Å². The molecule has 2 aromatic heterocycles. The Morgan fingerprint density at radius 2 is 1.33 bits per heavy atom. The molecule has 6 aromatic rings. The molecule has 0 unspecified atom stereocenters. The highest BCUT2D eigenvalue weighted by Gasteiger charge is 2.19. The molecular weight excluding hydrogens is 526 g/mol. The Bertz CT molecular complexity index is 1920. The molecule has 6 rings (SSSR count). The van der Waals surface area contributed by atoms with Gasteiger partial charge in [0.1, 0.15) is 18.1 Å². The molecule has 0 fully saturated rings. The van der Waals surface area contributed by atoms with E-state index in [1.54, 1.807) is 7.11 Å². The zero-order valence-corrected chi connectivity index (χ0v) is 24.8. The Kier molecular flexibility index (Phi) is 7.82. The van der Waals surface area contributed by atoms with Gasteiger partial charge in [0, 0.05) is 69.9 Å². The van der Waals surface area contributed by atoms with E-state index in [2.05, 4.69) is 83.8 Å². The molecule has 7 nitrogen and oxygen atoms in total. The number of hydrogen-bond donors (Lipinski definition) is 3. The van der Waals surface area contributed by atoms with Crippen molar-refractivity contribution in [2.45, 2.75) is 53.6 Å². The van der Waals surface area contributed by atoms with Crippen LogP contribution in [0, 0.1) is 6.92 Å². The van der Waals surface area contributed by atoms with E-state index < -0.39 is 0 Å². The molecule has 218 valence electrons. The number of rotatable bonds is 11. The van der Waals surface area contributed by atoms with Crippen LogP contribution >= 0.6 is 0 Å². The van der Waals surface area contributed by atoms with Gasteiger partial charge in [-0.3, -0.25) is 0 Å². The van der Waals surface area contributed by atoms with Crippen molar-refractivity contribution in [3.8, 4) is 11.5 Å². The first kappa shape index (κ1) is 28.1. The molecule has 0 saturated heterocycles. The maximum atomic E-state index is 10.0. The van der Waals surface area contributed by atoms with Crippen LogP contribution in [0.3, 0.4) is 0 Å². The Morgan fingerprint density at radius 1 is 0.714 bits per heavy atom. The predicted octanol–water partition coefficient (Wildman–Crippen LogP) is 6.41. The molecule has 0 aliphatic heterocycles. The van der Waals surface area contributed by atoms with Gasteiger partial charge in [0.05, 0.1) is 31.4 Å². The number of aliphatic hydroxyl groups is 2. The number of nitrogens with one attached hydrogen (secondary N) is 1. The van der Waals surface area contributed by atoms with E-state index in [0.717, 1.165) is 57.3 Å². The van der Waals surface area contributed by atoms with Crippen LogP contribution in [0.5, 0.6) is 11.5 Å². The van der Waals surface area contributed by atoms with Gasteiger partial charge in [-0.05, 0) is 62.7 Å². The number of aliphatic hydroxyl groups excluding tert-OH is 2. The maximum Gasteiger partial charge on any atom is 0.134 e. The lowest BCUT2D eigenvalue weighted by Gasteiger charge is -2.13. The first-order chi connectivity index (χ1) is 20.5. The summed E-state index contributed by atoms with van der Waals surface area (Å²) < 4.78 is 16.7. The van der Waals surface area contributed by atoms with E-state index in [9.17, 15) is 10.2 Å². The first-order valence-electron chi connectivity index (χ1n) is 14.7. The van der Waals surface area contributed by atoms with Gasteiger partial charge < -0.3 is 34.1 Å². The van der Waals surface area contributed by atoms with Gasteiger partial charge in [-0.1, -0.05) is 29.8 Å². The minimum atomic E-state index is -0.126. The fraction of sp³-hybridized carbons (Fsp3) is 0.314. The van der Waals surface area contributed by atoms with Crippen LogP contribution in [0.2, 0.25) is 0 Å². The number of hydrogen-bond acceptors (Lipinski definition) is 5. The molecule has 0 radical (unpaired) electrons. The second kappa shape index (κ2) is 11.7. The highest BCUT2D eigenvalue weighted by Crippen LogP contribution is 2.40. The monoisotopic (exact) mass is 565 g/mol. The van der Waals surface area contributed by atoms with Gasteiger partial charge in [-0.15, -0.1) is 0 Å². The van der Waals surface area contributed by atoms with Gasteiger partial charge in [0.25, 0.3) is 0 Å². The quantitative estimate of drug-likeness (QED) is 0.169. The largest absolute Gasteiger partial charge is 0.496 e. The van der Waals surface area contributed by atoms with Crippen molar-refractivity contribution in [3.05, 3.63) is 82.9 Å². The molecule has 42 heavy (non-hydrogen) atoms. The molecule has 3 N–H and O–H groups in total. The molecule has 4 aromatic carbocycles. The Labute approximate surface area is 245 Å². The summed E-state index contributed by atoms with van der Waals surface area (Å²) in [6, 6.07) is 21.5. The summed E-state index contributed by atoms with van der Waals surface area (Å²) in [4.78, 5) is 0. The minimum Gasteiger partial charge on any atom is -0.496 e. The lowest BCUT2D eigenvalue weighted by molar-refractivity contribution is 0.197. The molecule has 0 atom stereocenters. The molecule has 0 spiro atoms. The van der Waals surface area contributed by atoms with Crippen molar-refractivity contribution in [3.63, 3.8) is 0 Å². The Hall–Kier alpha value is -4.04. The third-order valence-corrected chi connectivity index (χ3v) is 8.34. The number of aromatic nitrogens is 2. The standard InChI is InChI=1S/C35H39N3O4/c1-5-37-28-11-7-22(3)17-26(28)32-30(37)13-9-24(34(32)41-4)20-36-19-23-8-12-29-27(18-23)33-31(38(29)6-2)14-10-25(21-40)35(33)42-16-15-39/h7-14,17-18,36,39-40H,5-6,15-16,19-21H2,1-4H3. The Morgan fingerprint density at radius 3 is 1.98 bits per heavy atom. The third-order valence-electron chi connectivity index (χ3n) is 8.34. The summed E-state index contributed by atoms with van der Waals surface area (Å²) in [5.74, 6) is 1.57. The van der Waals surface area contributed by atoms with E-state index in [0.29, 0.717) is 18.8 Å². The first-order valence-corrected chi connectivity index (χ1v) is 14.7. The minimum absolute atomic E-state index is 0.0866. The lowest BCUT2D eigenvalue weighted by Crippen LogP contribution is -2.13. The number of fused-ring (bicyclic) bond motifs is 6. The number of ether oxygens (including phenoxy) is 2. The van der Waals surface area contributed by atoms with Crippen LogP contribution in [0.15, 0.2) is 60.7 Å². The van der Waals surface area contributed by atoms with Crippen LogP contribution < -0.4 is 14.8 Å². The predicted molar refractivity (Wildman–Crippen MR) is 171 cm³/mol. The van der Waals surface area contributed by atoms with Gasteiger partial charge in [0.15, 0.2) is 0 Å². The van der Waals surface area contributed by atoms with Crippen LogP contribution in [0.25, 0.3) is 43.6 Å². The summed E-state index contributed by atoms with van der Waals surface area (Å²) >= 11 is 0. The number of nitrogens with zero attached hydrogens (tertiary/aromatic N) is 2. The smallest absolute Gasteiger partial charge is 0.134 e. The fourth-order valence-corrected chi connectivity index (χ4v) is 6.51. The highest BCUT2D eigenvalue weighted by atomic mass is 16.5. The molecule has 2 heterocycles. The molecule has 7 heteroatoms. The lowest BCUT2D eigenvalue weighted by atomic mass is 10.0. The zero-order valence-electron chi connectivity index (χ0n) is 24.8. The van der Waals surface area contributed by atoms with Crippen molar-refractivity contribution >= 4 is 43.6 Å². The highest BCUT2D eigenvalue weighted by molar-refractivity contribution is 6.13. The van der Waals surface area contributed by atoms with Crippen molar-refractivity contribution in [1.29, 1.82) is 0 Å². The average molecular weight is 566 g/mol. The maximum absolute atomic E-state index is 10.0. The fourth-order valence-electron chi connectivity index (χ4n) is 6.51. The van der Waals surface area contributed by atoms with E-state index in [1.165, 1.54) is 27.4 Å². The van der Waals surface area contributed by atoms with Crippen LogP contribution in [0.1, 0.15) is 36.1 Å². The van der Waals surface area contributed by atoms with Gasteiger partial charge in [-0.25, -0.2) is 0 Å². The van der Waals surface area contributed by atoms with E-state index in [4.69, 9.17) is 9.47 Å². The number of aryl methyl sites for hydroxylation is 3. The summed E-state index contributed by atoms with van der Waals surface area (Å²) in [7, 11) is 1.76. The van der Waals surface area contributed by atoms with Crippen LogP contribution in [0.4, 0.5) is 0 Å². The molecule has 0 aliphatic rings. The summed E-state index contributed by atoms with van der Waals surface area (Å²) in [6.45, 7) is 9.46. The van der Waals surface area contributed by atoms with Crippen molar-refractivity contribution in [1.82, 2.24) is 14.5 Å². The summed E-state index contributed by atoms with van der Waals surface area (Å²) in [5, 5.41) is 27.5. The number of methoxy groups -OCH3 is 1. The van der Waals surface area contributed by atoms with Crippen LogP contribution in [-0.4, -0.2) is 39.7 Å². The zero-order chi connectivity index (χ0) is 29.4. The van der Waals surface area contributed by atoms with Crippen molar-refractivity contribution < 1.29 is 19.7 Å². The summed E-state index contributed by atoms with van der Waals surface area (Å²) in [6.07, 6.45) is 0. The molecule has 0 amide bonds. The van der Waals surface area contributed by atoms with Gasteiger partial charge in [-0.2, -0.15) is 0 Å². The second-order valence-electron chi connectivity index (χ2n) is 10.8. The van der Waals surface area contributed by atoms with Crippen molar-refractivity contribution in [2.24, 2.45) is 0 Å². The van der Waals surface area contributed by atoms with Gasteiger partial charge in [0.2, 0.25) is 0 Å². The SMILES string of the molecule is CCn1c2ccc(C)cc2c2c(OC)c(CNCc3ccc4c(c3)c3c(OCCO)c(CO)ccc3n4CC)ccc21. The van der Waals surface area contributed by atoms with Crippen LogP contribution in [-0.2, 0) is 32.8 Å². The molecule has 0 bridgehead atoms. The third kappa shape index (κ3) is 4.58. The molecule has 0 aliphatic carbocycles. The topological polar surface area (TPSA) is 80.8 Å². The van der Waals surface area contributed by atoms with Crippen molar-refractivity contribution in [2.75, 3.05) is 20.3 Å². The normalized spacial score (nSPS) is 11.9. The van der Waals surface area contributed by atoms with E-state index in [-0.39, 0.29) is 19.8 Å². The number of benzene rings is 4. The van der Waals surface area contributed by atoms with E-state index >= 15 is 0 Å². The second-order valence-corrected chi connectivity index (χ2v) is 10.8. The average Bonchev–Trinajstić information content (AvgIpc) is 3.50. The van der Waals surface area contributed by atoms with E-state index in [1.807, 2.05) is 12.1 Å². The Balaban J connectivity index is 1.35. The molecule has 0 saturated carbocycles. The molecular formula is C35H39N3O4.